The number of benzene rings is 2. The van der Waals surface area contributed by atoms with Crippen LogP contribution in [0.2, 0.25) is 0 Å². The van der Waals surface area contributed by atoms with Crippen LogP contribution in [0.5, 0.6) is 0 Å². The van der Waals surface area contributed by atoms with E-state index in [-0.39, 0.29) is 0 Å². The van der Waals surface area contributed by atoms with Crippen molar-refractivity contribution < 1.29 is 8.42 Å². The molecule has 1 aliphatic rings. The third-order valence-corrected chi connectivity index (χ3v) is 5.81. The maximum Gasteiger partial charge on any atom is 0.264 e. The minimum Gasteiger partial charge on any atom is -0.342 e. The number of anilines is 1. The van der Waals surface area contributed by atoms with Gasteiger partial charge in [-0.15, -0.1) is 0 Å². The van der Waals surface area contributed by atoms with Gasteiger partial charge in [-0.05, 0) is 43.2 Å². The van der Waals surface area contributed by atoms with Crippen molar-refractivity contribution >= 4 is 26.7 Å². The molecular weight excluding hydrogens is 298 g/mol. The van der Waals surface area contributed by atoms with E-state index in [0.717, 1.165) is 34.5 Å². The number of aryl methyl sites for hydroxylation is 1. The van der Waals surface area contributed by atoms with Crippen molar-refractivity contribution in [3.8, 4) is 0 Å². The molecule has 112 valence electrons. The van der Waals surface area contributed by atoms with Crippen molar-refractivity contribution in [2.45, 2.75) is 18.2 Å². The first-order valence-corrected chi connectivity index (χ1v) is 8.57. The van der Waals surface area contributed by atoms with Crippen molar-refractivity contribution in [2.75, 3.05) is 10.8 Å². The molecule has 0 fully saturated rings. The summed E-state index contributed by atoms with van der Waals surface area (Å²) in [5.74, 6) is 0.774. The van der Waals surface area contributed by atoms with Crippen molar-refractivity contribution in [3.63, 3.8) is 0 Å². The Balaban J connectivity index is 1.83. The zero-order valence-corrected chi connectivity index (χ0v) is 12.9. The maximum atomic E-state index is 12.9. The van der Waals surface area contributed by atoms with Crippen LogP contribution in [0.3, 0.4) is 0 Å². The predicted molar refractivity (Wildman–Crippen MR) is 85.5 cm³/mol. The molecule has 3 aromatic rings. The van der Waals surface area contributed by atoms with E-state index in [0.29, 0.717) is 11.4 Å². The molecule has 5 nitrogen and oxygen atoms in total. The molecule has 0 bridgehead atoms. The number of aromatic amines is 1. The van der Waals surface area contributed by atoms with Gasteiger partial charge in [-0.3, -0.25) is 4.31 Å². The van der Waals surface area contributed by atoms with Crippen LogP contribution < -0.4 is 4.31 Å². The van der Waals surface area contributed by atoms with Crippen LogP contribution in [0.15, 0.2) is 47.4 Å². The van der Waals surface area contributed by atoms with E-state index in [1.54, 1.807) is 18.2 Å². The Morgan fingerprint density at radius 2 is 2.00 bits per heavy atom. The first kappa shape index (κ1) is 13.3. The highest BCUT2D eigenvalue weighted by atomic mass is 32.2. The number of rotatable bonds is 2. The molecule has 0 atom stereocenters. The van der Waals surface area contributed by atoms with Crippen molar-refractivity contribution in [1.29, 1.82) is 0 Å². The van der Waals surface area contributed by atoms with Gasteiger partial charge in [0.05, 0.1) is 21.6 Å². The van der Waals surface area contributed by atoms with E-state index in [9.17, 15) is 8.42 Å². The van der Waals surface area contributed by atoms with Gasteiger partial charge in [0.25, 0.3) is 10.0 Å². The molecule has 0 radical (unpaired) electrons. The number of hydrogen-bond donors (Lipinski definition) is 1. The first-order valence-electron chi connectivity index (χ1n) is 7.13. The molecule has 0 saturated heterocycles. The van der Waals surface area contributed by atoms with E-state index in [2.05, 4.69) is 9.97 Å². The molecule has 1 aliphatic heterocycles. The molecule has 6 heteroatoms. The van der Waals surface area contributed by atoms with Crippen LogP contribution in [0.4, 0.5) is 5.69 Å². The molecule has 22 heavy (non-hydrogen) atoms. The van der Waals surface area contributed by atoms with Crippen LogP contribution in [-0.2, 0) is 16.4 Å². The fraction of sp³-hybridized carbons (Fsp3) is 0.188. The van der Waals surface area contributed by atoms with E-state index in [1.807, 2.05) is 31.2 Å². The van der Waals surface area contributed by atoms with Gasteiger partial charge in [-0.1, -0.05) is 18.2 Å². The molecule has 0 aliphatic carbocycles. The minimum absolute atomic E-state index is 0.292. The Hall–Kier alpha value is -2.34. The van der Waals surface area contributed by atoms with Crippen LogP contribution in [-0.4, -0.2) is 24.9 Å². The molecule has 0 spiro atoms. The van der Waals surface area contributed by atoms with E-state index < -0.39 is 10.0 Å². The summed E-state index contributed by atoms with van der Waals surface area (Å²) in [6.45, 7) is 2.34. The standard InChI is InChI=1S/C16H15N3O2S/c1-11-17-14-7-6-13(10-15(14)18-11)22(20,21)19-9-8-12-4-2-3-5-16(12)19/h2-7,10H,8-9H2,1H3,(H,17,18). The normalized spacial score (nSPS) is 14.5. The number of nitrogens with zero attached hydrogens (tertiary/aromatic N) is 2. The molecule has 1 aromatic heterocycles. The second kappa shape index (κ2) is 4.58. The van der Waals surface area contributed by atoms with Gasteiger partial charge in [-0.2, -0.15) is 0 Å². The quantitative estimate of drug-likeness (QED) is 0.791. The number of imidazole rings is 1. The highest BCUT2D eigenvalue weighted by Gasteiger charge is 2.30. The van der Waals surface area contributed by atoms with Crippen molar-refractivity contribution in [2.24, 2.45) is 0 Å². The maximum absolute atomic E-state index is 12.9. The summed E-state index contributed by atoms with van der Waals surface area (Å²) in [4.78, 5) is 7.68. The summed E-state index contributed by atoms with van der Waals surface area (Å²) in [7, 11) is -3.55. The lowest BCUT2D eigenvalue weighted by Crippen LogP contribution is -2.29. The van der Waals surface area contributed by atoms with Crippen LogP contribution in [0.1, 0.15) is 11.4 Å². The second-order valence-electron chi connectivity index (χ2n) is 5.46. The van der Waals surface area contributed by atoms with E-state index in [1.165, 1.54) is 4.31 Å². The average Bonchev–Trinajstić information content (AvgIpc) is 3.08. The van der Waals surface area contributed by atoms with Gasteiger partial charge >= 0.3 is 0 Å². The van der Waals surface area contributed by atoms with Gasteiger partial charge in [0.15, 0.2) is 0 Å². The SMILES string of the molecule is Cc1nc2ccc(S(=O)(=O)N3CCc4ccccc43)cc2[nH]1. The third kappa shape index (κ3) is 1.91. The summed E-state index contributed by atoms with van der Waals surface area (Å²) in [5, 5.41) is 0. The van der Waals surface area contributed by atoms with E-state index >= 15 is 0 Å². The monoisotopic (exact) mass is 313 g/mol. The Bertz CT molecular complexity index is 976. The summed E-state index contributed by atoms with van der Waals surface area (Å²) >= 11 is 0. The fourth-order valence-corrected chi connectivity index (χ4v) is 4.49. The fourth-order valence-electron chi connectivity index (χ4n) is 2.96. The molecule has 2 aromatic carbocycles. The number of aromatic nitrogens is 2. The predicted octanol–water partition coefficient (Wildman–Crippen LogP) is 2.62. The smallest absolute Gasteiger partial charge is 0.264 e. The number of sulfonamides is 1. The highest BCUT2D eigenvalue weighted by molar-refractivity contribution is 7.92. The van der Waals surface area contributed by atoms with Crippen molar-refractivity contribution in [3.05, 3.63) is 53.9 Å². The molecule has 1 N–H and O–H groups in total. The largest absolute Gasteiger partial charge is 0.342 e. The molecule has 0 unspecified atom stereocenters. The number of para-hydroxylation sites is 1. The lowest BCUT2D eigenvalue weighted by atomic mass is 10.2. The van der Waals surface area contributed by atoms with Crippen molar-refractivity contribution in [1.82, 2.24) is 9.97 Å². The van der Waals surface area contributed by atoms with Crippen LogP contribution >= 0.6 is 0 Å². The second-order valence-corrected chi connectivity index (χ2v) is 7.32. The molecule has 4 rings (SSSR count). The van der Waals surface area contributed by atoms with Gasteiger partial charge < -0.3 is 4.98 Å². The van der Waals surface area contributed by atoms with E-state index in [4.69, 9.17) is 0 Å². The Morgan fingerprint density at radius 3 is 2.86 bits per heavy atom. The van der Waals surface area contributed by atoms with Gasteiger partial charge in [-0.25, -0.2) is 13.4 Å². The Labute approximate surface area is 128 Å². The molecule has 0 saturated carbocycles. The molecule has 0 amide bonds. The van der Waals surface area contributed by atoms with Crippen LogP contribution in [0, 0.1) is 6.92 Å². The molecule has 2 heterocycles. The number of nitrogens with one attached hydrogen (secondary N) is 1. The Kier molecular flexibility index (Phi) is 2.77. The highest BCUT2D eigenvalue weighted by Crippen LogP contribution is 2.33. The first-order chi connectivity index (χ1) is 10.6. The zero-order valence-electron chi connectivity index (χ0n) is 12.1. The lowest BCUT2D eigenvalue weighted by Gasteiger charge is -2.19. The van der Waals surface area contributed by atoms with Gasteiger partial charge in [0.2, 0.25) is 0 Å². The molecular formula is C16H15N3O2S. The summed E-state index contributed by atoms with van der Waals surface area (Å²) in [6.07, 6.45) is 0.751. The third-order valence-electron chi connectivity index (χ3n) is 4.00. The number of H-pyrrole nitrogens is 1. The van der Waals surface area contributed by atoms with Gasteiger partial charge in [0.1, 0.15) is 5.82 Å². The summed E-state index contributed by atoms with van der Waals surface area (Å²) in [5.41, 5.74) is 3.37. The zero-order chi connectivity index (χ0) is 15.3. The lowest BCUT2D eigenvalue weighted by molar-refractivity contribution is 0.592. The topological polar surface area (TPSA) is 66.1 Å². The minimum atomic E-state index is -3.55. The summed E-state index contributed by atoms with van der Waals surface area (Å²) < 4.78 is 27.4. The number of fused-ring (bicyclic) bond motifs is 2. The number of hydrogen-bond acceptors (Lipinski definition) is 3. The van der Waals surface area contributed by atoms with Gasteiger partial charge in [0, 0.05) is 6.54 Å². The Morgan fingerprint density at radius 1 is 1.18 bits per heavy atom. The average molecular weight is 313 g/mol. The van der Waals surface area contributed by atoms with Crippen LogP contribution in [0.25, 0.3) is 11.0 Å². The summed E-state index contributed by atoms with van der Waals surface area (Å²) in [6, 6.07) is 12.7.